The fourth-order valence-electron chi connectivity index (χ4n) is 3.41. The van der Waals surface area contributed by atoms with Crippen LogP contribution >= 0.6 is 0 Å². The van der Waals surface area contributed by atoms with E-state index in [9.17, 15) is 23.1 Å². The number of anilines is 1. The van der Waals surface area contributed by atoms with Gasteiger partial charge in [0.25, 0.3) is 0 Å². The number of alkyl halides is 3. The number of carboxylic acids is 1. The fourth-order valence-corrected chi connectivity index (χ4v) is 3.41. The smallest absolute Gasteiger partial charge is 0.418 e. The van der Waals surface area contributed by atoms with Crippen LogP contribution in [0.15, 0.2) is 30.6 Å². The van der Waals surface area contributed by atoms with Gasteiger partial charge in [-0.2, -0.15) is 22.8 Å². The molecule has 0 saturated heterocycles. The van der Waals surface area contributed by atoms with Crippen molar-refractivity contribution in [1.29, 1.82) is 0 Å². The highest BCUT2D eigenvalue weighted by Gasteiger charge is 2.35. The lowest BCUT2D eigenvalue weighted by molar-refractivity contribution is -0.138. The summed E-state index contributed by atoms with van der Waals surface area (Å²) in [5.74, 6) is -0.951. The first kappa shape index (κ1) is 20.6. The predicted octanol–water partition coefficient (Wildman–Crippen LogP) is 3.00. The topological polar surface area (TPSA) is 101 Å². The van der Waals surface area contributed by atoms with E-state index in [4.69, 9.17) is 0 Å². The average Bonchev–Trinajstić information content (AvgIpc) is 3.33. The molecule has 0 radical (unpaired) electrons. The average molecular weight is 433 g/mol. The quantitative estimate of drug-likeness (QED) is 0.516. The summed E-state index contributed by atoms with van der Waals surface area (Å²) >= 11 is 0. The standard InChI is InChI=1S/C19H18F3N7O2/c1-4-28(10(2)17(30)31)18-24-14-12(6-5-7-13(14)19(20,21)22)16-25-15(26-29(16)18)11-8-23-27(3)9-11/h5-10H,4H2,1-3H3,(H,30,31)/t10-/m1/s1. The van der Waals surface area contributed by atoms with E-state index in [2.05, 4.69) is 20.2 Å². The van der Waals surface area contributed by atoms with Crippen LogP contribution in [0, 0.1) is 0 Å². The van der Waals surface area contributed by atoms with Crippen LogP contribution in [0.2, 0.25) is 0 Å². The van der Waals surface area contributed by atoms with Crippen molar-refractivity contribution in [3.63, 3.8) is 0 Å². The first-order valence-corrected chi connectivity index (χ1v) is 9.37. The van der Waals surface area contributed by atoms with Gasteiger partial charge in [-0.3, -0.25) is 4.68 Å². The van der Waals surface area contributed by atoms with Crippen LogP contribution in [0.4, 0.5) is 19.1 Å². The highest BCUT2D eigenvalue weighted by Crippen LogP contribution is 2.36. The largest absolute Gasteiger partial charge is 0.480 e. The number of fused-ring (bicyclic) bond motifs is 3. The number of aryl methyl sites for hydroxylation is 1. The van der Waals surface area contributed by atoms with E-state index in [0.717, 1.165) is 6.07 Å². The highest BCUT2D eigenvalue weighted by molar-refractivity contribution is 5.95. The molecule has 31 heavy (non-hydrogen) atoms. The third kappa shape index (κ3) is 3.43. The van der Waals surface area contributed by atoms with E-state index in [1.165, 1.54) is 34.7 Å². The van der Waals surface area contributed by atoms with Crippen molar-refractivity contribution in [2.75, 3.05) is 11.4 Å². The number of carboxylic acid groups (broad SMARTS) is 1. The lowest BCUT2D eigenvalue weighted by atomic mass is 10.1. The number of benzene rings is 1. The van der Waals surface area contributed by atoms with E-state index >= 15 is 0 Å². The van der Waals surface area contributed by atoms with Gasteiger partial charge in [0.05, 0.1) is 22.8 Å². The number of nitrogens with zero attached hydrogens (tertiary/aromatic N) is 7. The van der Waals surface area contributed by atoms with Gasteiger partial charge in [-0.25, -0.2) is 14.8 Å². The lowest BCUT2D eigenvalue weighted by Gasteiger charge is -2.26. The Hall–Kier alpha value is -3.70. The van der Waals surface area contributed by atoms with Crippen LogP contribution < -0.4 is 4.90 Å². The van der Waals surface area contributed by atoms with E-state index < -0.39 is 23.8 Å². The highest BCUT2D eigenvalue weighted by atomic mass is 19.4. The summed E-state index contributed by atoms with van der Waals surface area (Å²) < 4.78 is 43.9. The summed E-state index contributed by atoms with van der Waals surface area (Å²) in [5.41, 5.74) is -0.551. The van der Waals surface area contributed by atoms with E-state index in [0.29, 0.717) is 5.56 Å². The predicted molar refractivity (Wildman–Crippen MR) is 106 cm³/mol. The number of aliphatic carboxylic acids is 1. The lowest BCUT2D eigenvalue weighted by Crippen LogP contribution is -2.40. The number of aromatic nitrogens is 6. The fraction of sp³-hybridized carbons (Fsp3) is 0.316. The van der Waals surface area contributed by atoms with E-state index in [1.807, 2.05) is 0 Å². The van der Waals surface area contributed by atoms with Crippen molar-refractivity contribution in [2.24, 2.45) is 7.05 Å². The first-order chi connectivity index (χ1) is 14.6. The summed E-state index contributed by atoms with van der Waals surface area (Å²) in [6, 6.07) is 2.64. The Morgan fingerprint density at radius 2 is 2.03 bits per heavy atom. The Morgan fingerprint density at radius 1 is 1.29 bits per heavy atom. The number of carbonyl (C=O) groups is 1. The summed E-state index contributed by atoms with van der Waals surface area (Å²) in [6.07, 6.45) is -1.45. The Morgan fingerprint density at radius 3 is 2.61 bits per heavy atom. The number of hydrogen-bond acceptors (Lipinski definition) is 6. The van der Waals surface area contributed by atoms with Crippen molar-refractivity contribution >= 4 is 28.5 Å². The maximum atomic E-state index is 13.7. The van der Waals surface area contributed by atoms with Gasteiger partial charge in [-0.15, -0.1) is 5.10 Å². The second-order valence-electron chi connectivity index (χ2n) is 6.99. The number of hydrogen-bond donors (Lipinski definition) is 1. The van der Waals surface area contributed by atoms with Gasteiger partial charge in [0.15, 0.2) is 11.5 Å². The molecule has 0 spiro atoms. The van der Waals surface area contributed by atoms with Crippen LogP contribution in [0.25, 0.3) is 27.9 Å². The number of halogens is 3. The molecule has 0 fully saturated rings. The van der Waals surface area contributed by atoms with Crippen molar-refractivity contribution in [1.82, 2.24) is 29.4 Å². The monoisotopic (exact) mass is 433 g/mol. The van der Waals surface area contributed by atoms with E-state index in [-0.39, 0.29) is 34.9 Å². The SMILES string of the molecule is CCN(c1nc2c(C(F)(F)F)cccc2c2nc(-c3cnn(C)c3)nn12)[C@H](C)C(=O)O. The van der Waals surface area contributed by atoms with Crippen LogP contribution in [-0.2, 0) is 18.0 Å². The Bertz CT molecular complexity index is 1300. The van der Waals surface area contributed by atoms with Crippen molar-refractivity contribution in [3.05, 3.63) is 36.2 Å². The number of likely N-dealkylation sites (N-methyl/N-ethyl adjacent to an activating group) is 1. The number of rotatable bonds is 5. The molecular weight excluding hydrogens is 415 g/mol. The maximum Gasteiger partial charge on any atom is 0.418 e. The van der Waals surface area contributed by atoms with Crippen molar-refractivity contribution < 1.29 is 23.1 Å². The number of para-hydroxylation sites is 1. The van der Waals surface area contributed by atoms with Gasteiger partial charge >= 0.3 is 12.1 Å². The first-order valence-electron chi connectivity index (χ1n) is 9.37. The molecule has 0 aliphatic heterocycles. The van der Waals surface area contributed by atoms with Gasteiger partial charge in [0, 0.05) is 25.2 Å². The van der Waals surface area contributed by atoms with Crippen LogP contribution in [0.5, 0.6) is 0 Å². The van der Waals surface area contributed by atoms with Crippen molar-refractivity contribution in [3.8, 4) is 11.4 Å². The minimum Gasteiger partial charge on any atom is -0.480 e. The second kappa shape index (κ2) is 7.22. The summed E-state index contributed by atoms with van der Waals surface area (Å²) in [4.78, 5) is 21.7. The molecule has 9 nitrogen and oxygen atoms in total. The van der Waals surface area contributed by atoms with Crippen LogP contribution in [0.3, 0.4) is 0 Å². The van der Waals surface area contributed by atoms with Gasteiger partial charge in [-0.1, -0.05) is 6.07 Å². The molecule has 1 aromatic carbocycles. The molecule has 3 aromatic heterocycles. The molecule has 162 valence electrons. The molecular formula is C19H18F3N7O2. The van der Waals surface area contributed by atoms with E-state index in [1.54, 1.807) is 24.9 Å². The Kier molecular flexibility index (Phi) is 4.79. The zero-order valence-corrected chi connectivity index (χ0v) is 16.8. The molecule has 0 aliphatic rings. The Balaban J connectivity index is 2.10. The molecule has 12 heteroatoms. The molecule has 4 rings (SSSR count). The van der Waals surface area contributed by atoms with Gasteiger partial charge in [0.1, 0.15) is 6.04 Å². The zero-order chi connectivity index (χ0) is 22.5. The van der Waals surface area contributed by atoms with Crippen LogP contribution in [-0.4, -0.2) is 53.0 Å². The molecule has 0 bridgehead atoms. The molecule has 4 aromatic rings. The summed E-state index contributed by atoms with van der Waals surface area (Å²) in [6.45, 7) is 3.29. The normalized spacial score (nSPS) is 13.1. The van der Waals surface area contributed by atoms with Gasteiger partial charge in [0.2, 0.25) is 5.95 Å². The third-order valence-electron chi connectivity index (χ3n) is 4.98. The minimum atomic E-state index is -4.65. The van der Waals surface area contributed by atoms with Gasteiger partial charge < -0.3 is 10.0 Å². The second-order valence-corrected chi connectivity index (χ2v) is 6.99. The van der Waals surface area contributed by atoms with Crippen LogP contribution in [0.1, 0.15) is 19.4 Å². The molecule has 0 saturated carbocycles. The molecule has 1 N–H and O–H groups in total. The molecule has 0 amide bonds. The minimum absolute atomic E-state index is 0.0424. The molecule has 3 heterocycles. The summed E-state index contributed by atoms with van der Waals surface area (Å²) in [7, 11) is 1.71. The molecule has 0 unspecified atom stereocenters. The van der Waals surface area contributed by atoms with Crippen molar-refractivity contribution in [2.45, 2.75) is 26.1 Å². The molecule has 1 atom stereocenters. The van der Waals surface area contributed by atoms with Gasteiger partial charge in [-0.05, 0) is 26.0 Å². The maximum absolute atomic E-state index is 13.7. The molecule has 0 aliphatic carbocycles. The third-order valence-corrected chi connectivity index (χ3v) is 4.98. The Labute approximate surface area is 173 Å². The zero-order valence-electron chi connectivity index (χ0n) is 16.8. The summed E-state index contributed by atoms with van der Waals surface area (Å²) in [5, 5.41) is 18.1.